The molecule has 1 aliphatic rings. The maximum atomic E-state index is 12.2. The molecular formula is C15H19N3O3. The zero-order valence-corrected chi connectivity index (χ0v) is 11.8. The van der Waals surface area contributed by atoms with Crippen LogP contribution < -0.4 is 5.32 Å². The molecule has 0 aliphatic carbocycles. The van der Waals surface area contributed by atoms with Crippen LogP contribution >= 0.6 is 0 Å². The Morgan fingerprint density at radius 3 is 2.95 bits per heavy atom. The van der Waals surface area contributed by atoms with Gasteiger partial charge in [0.2, 0.25) is 5.91 Å². The Kier molecular flexibility index (Phi) is 4.35. The first-order chi connectivity index (χ1) is 10.3. The molecule has 3 rings (SSSR count). The van der Waals surface area contributed by atoms with Crippen molar-refractivity contribution in [3.05, 3.63) is 42.6 Å². The largest absolute Gasteiger partial charge is 0.467 e. The average Bonchev–Trinajstić information content (AvgIpc) is 3.22. The summed E-state index contributed by atoms with van der Waals surface area (Å²) in [6.07, 6.45) is 6.80. The van der Waals surface area contributed by atoms with Crippen LogP contribution in [0.15, 0.2) is 41.3 Å². The quantitative estimate of drug-likeness (QED) is 0.908. The molecule has 3 heterocycles. The van der Waals surface area contributed by atoms with E-state index in [0.29, 0.717) is 19.8 Å². The number of furan rings is 1. The molecule has 0 saturated carbocycles. The lowest BCUT2D eigenvalue weighted by Crippen LogP contribution is -2.37. The standard InChI is InChI=1S/C15H19N3O3/c19-15(12-4-9-20-10-5-12)16-11-13(14-3-1-8-21-14)18-7-2-6-17-18/h1-3,6-8,12-13H,4-5,9-11H2,(H,16,19)/t13-/m0/s1. The second-order valence-electron chi connectivity index (χ2n) is 5.15. The third-order valence-electron chi connectivity index (χ3n) is 3.78. The van der Waals surface area contributed by atoms with Crippen LogP contribution in [-0.2, 0) is 9.53 Å². The molecule has 0 radical (unpaired) electrons. The van der Waals surface area contributed by atoms with Crippen molar-refractivity contribution in [2.75, 3.05) is 19.8 Å². The first-order valence-corrected chi connectivity index (χ1v) is 7.22. The van der Waals surface area contributed by atoms with Gasteiger partial charge in [-0.05, 0) is 31.0 Å². The van der Waals surface area contributed by atoms with Gasteiger partial charge >= 0.3 is 0 Å². The van der Waals surface area contributed by atoms with Gasteiger partial charge in [-0.3, -0.25) is 9.48 Å². The Bertz CT molecular complexity index is 510. The van der Waals surface area contributed by atoms with Gasteiger partial charge in [0.25, 0.3) is 0 Å². The number of ether oxygens (including phenoxy) is 1. The van der Waals surface area contributed by atoms with Crippen molar-refractivity contribution in [3.63, 3.8) is 0 Å². The summed E-state index contributed by atoms with van der Waals surface area (Å²) in [7, 11) is 0. The molecule has 1 aliphatic heterocycles. The highest BCUT2D eigenvalue weighted by Crippen LogP contribution is 2.19. The SMILES string of the molecule is O=C(NC[C@@H](c1ccco1)n1cccn1)C1CCOCC1. The second-order valence-corrected chi connectivity index (χ2v) is 5.15. The number of hydrogen-bond donors (Lipinski definition) is 1. The number of nitrogens with one attached hydrogen (secondary N) is 1. The van der Waals surface area contributed by atoms with Crippen LogP contribution in [0.3, 0.4) is 0 Å². The molecule has 2 aromatic heterocycles. The van der Waals surface area contributed by atoms with Crippen LogP contribution in [0, 0.1) is 5.92 Å². The molecule has 6 nitrogen and oxygen atoms in total. The number of amides is 1. The Hall–Kier alpha value is -2.08. The lowest BCUT2D eigenvalue weighted by Gasteiger charge is -2.23. The predicted molar refractivity (Wildman–Crippen MR) is 75.6 cm³/mol. The molecule has 1 fully saturated rings. The summed E-state index contributed by atoms with van der Waals surface area (Å²) in [5.74, 6) is 0.918. The zero-order chi connectivity index (χ0) is 14.5. The van der Waals surface area contributed by atoms with Crippen molar-refractivity contribution < 1.29 is 13.9 Å². The first kappa shape index (κ1) is 13.9. The highest BCUT2D eigenvalue weighted by Gasteiger charge is 2.24. The summed E-state index contributed by atoms with van der Waals surface area (Å²) in [6.45, 7) is 1.79. The van der Waals surface area contributed by atoms with E-state index < -0.39 is 0 Å². The van der Waals surface area contributed by atoms with Gasteiger partial charge in [0.1, 0.15) is 11.8 Å². The third kappa shape index (κ3) is 3.33. The normalized spacial score (nSPS) is 17.5. The van der Waals surface area contributed by atoms with Crippen LogP contribution in [0.1, 0.15) is 24.6 Å². The summed E-state index contributed by atoms with van der Waals surface area (Å²) in [5.41, 5.74) is 0. The molecule has 0 spiro atoms. The molecule has 0 aromatic carbocycles. The Morgan fingerprint density at radius 2 is 2.29 bits per heavy atom. The number of carbonyl (C=O) groups excluding carboxylic acids is 1. The minimum absolute atomic E-state index is 0.0497. The first-order valence-electron chi connectivity index (χ1n) is 7.22. The summed E-state index contributed by atoms with van der Waals surface area (Å²) in [4.78, 5) is 12.2. The monoisotopic (exact) mass is 289 g/mol. The van der Waals surface area contributed by atoms with Gasteiger partial charge in [-0.1, -0.05) is 0 Å². The second kappa shape index (κ2) is 6.58. The van der Waals surface area contributed by atoms with Crippen LogP contribution in [0.4, 0.5) is 0 Å². The van der Waals surface area contributed by atoms with E-state index in [-0.39, 0.29) is 17.9 Å². The Morgan fingerprint density at radius 1 is 1.43 bits per heavy atom. The maximum absolute atomic E-state index is 12.2. The highest BCUT2D eigenvalue weighted by molar-refractivity contribution is 5.78. The van der Waals surface area contributed by atoms with E-state index in [1.165, 1.54) is 0 Å². The predicted octanol–water partition coefficient (Wildman–Crippen LogP) is 1.61. The van der Waals surface area contributed by atoms with Gasteiger partial charge in [0.15, 0.2) is 0 Å². The molecule has 1 saturated heterocycles. The van der Waals surface area contributed by atoms with E-state index in [1.54, 1.807) is 17.1 Å². The number of rotatable bonds is 5. The topological polar surface area (TPSA) is 69.3 Å². The third-order valence-corrected chi connectivity index (χ3v) is 3.78. The fourth-order valence-corrected chi connectivity index (χ4v) is 2.57. The van der Waals surface area contributed by atoms with Gasteiger partial charge in [0, 0.05) is 38.1 Å². The molecule has 1 amide bonds. The summed E-state index contributed by atoms with van der Waals surface area (Å²) in [6, 6.07) is 5.47. The number of aromatic nitrogens is 2. The van der Waals surface area contributed by atoms with Crippen molar-refractivity contribution in [3.8, 4) is 0 Å². The van der Waals surface area contributed by atoms with E-state index in [4.69, 9.17) is 9.15 Å². The molecule has 1 N–H and O–H groups in total. The Labute approximate surface area is 123 Å². The molecule has 112 valence electrons. The van der Waals surface area contributed by atoms with E-state index >= 15 is 0 Å². The van der Waals surface area contributed by atoms with Crippen molar-refractivity contribution in [2.45, 2.75) is 18.9 Å². The van der Waals surface area contributed by atoms with Crippen molar-refractivity contribution >= 4 is 5.91 Å². The minimum Gasteiger partial charge on any atom is -0.467 e. The van der Waals surface area contributed by atoms with Crippen LogP contribution in [0.25, 0.3) is 0 Å². The van der Waals surface area contributed by atoms with E-state index in [2.05, 4.69) is 10.4 Å². The number of carbonyl (C=O) groups is 1. The average molecular weight is 289 g/mol. The molecule has 0 unspecified atom stereocenters. The molecule has 1 atom stereocenters. The van der Waals surface area contributed by atoms with Crippen molar-refractivity contribution in [2.24, 2.45) is 5.92 Å². The van der Waals surface area contributed by atoms with Crippen molar-refractivity contribution in [1.29, 1.82) is 0 Å². The summed E-state index contributed by atoms with van der Waals surface area (Å²) < 4.78 is 12.5. The number of nitrogens with zero attached hydrogens (tertiary/aromatic N) is 2. The van der Waals surface area contributed by atoms with Crippen LogP contribution in [-0.4, -0.2) is 35.4 Å². The molecule has 21 heavy (non-hydrogen) atoms. The number of hydrogen-bond acceptors (Lipinski definition) is 4. The van der Waals surface area contributed by atoms with Gasteiger partial charge < -0.3 is 14.5 Å². The van der Waals surface area contributed by atoms with Gasteiger partial charge in [-0.25, -0.2) is 0 Å². The highest BCUT2D eigenvalue weighted by atomic mass is 16.5. The molecule has 0 bridgehead atoms. The van der Waals surface area contributed by atoms with Gasteiger partial charge in [-0.15, -0.1) is 0 Å². The Balaban J connectivity index is 1.64. The summed E-state index contributed by atoms with van der Waals surface area (Å²) >= 11 is 0. The van der Waals surface area contributed by atoms with Gasteiger partial charge in [-0.2, -0.15) is 5.10 Å². The smallest absolute Gasteiger partial charge is 0.223 e. The van der Waals surface area contributed by atoms with E-state index in [9.17, 15) is 4.79 Å². The molecule has 6 heteroatoms. The zero-order valence-electron chi connectivity index (χ0n) is 11.8. The fourth-order valence-electron chi connectivity index (χ4n) is 2.57. The van der Waals surface area contributed by atoms with Crippen molar-refractivity contribution in [1.82, 2.24) is 15.1 Å². The van der Waals surface area contributed by atoms with E-state index in [0.717, 1.165) is 18.6 Å². The maximum Gasteiger partial charge on any atom is 0.223 e. The van der Waals surface area contributed by atoms with E-state index in [1.807, 2.05) is 24.4 Å². The minimum atomic E-state index is -0.126. The fraction of sp³-hybridized carbons (Fsp3) is 0.467. The molecule has 2 aromatic rings. The summed E-state index contributed by atoms with van der Waals surface area (Å²) in [5, 5.41) is 7.26. The lowest BCUT2D eigenvalue weighted by atomic mass is 9.99. The van der Waals surface area contributed by atoms with Crippen LogP contribution in [0.5, 0.6) is 0 Å². The molecular weight excluding hydrogens is 270 g/mol. The van der Waals surface area contributed by atoms with Crippen LogP contribution in [0.2, 0.25) is 0 Å². The van der Waals surface area contributed by atoms with Gasteiger partial charge in [0.05, 0.1) is 6.26 Å². The lowest BCUT2D eigenvalue weighted by molar-refractivity contribution is -0.127.